The number of carbonyl (C=O) groups is 1. The molecule has 5 heteroatoms. The van der Waals surface area contributed by atoms with Gasteiger partial charge in [-0.25, -0.2) is 4.39 Å². The Morgan fingerprint density at radius 2 is 1.96 bits per heavy atom. The largest absolute Gasteiger partial charge is 0.388 e. The fourth-order valence-corrected chi connectivity index (χ4v) is 2.24. The summed E-state index contributed by atoms with van der Waals surface area (Å²) in [6, 6.07) is 14.2. The molecule has 23 heavy (non-hydrogen) atoms. The highest BCUT2D eigenvalue weighted by Gasteiger charge is 2.16. The molecule has 2 rings (SSSR count). The number of hydrogen-bond acceptors (Lipinski definition) is 3. The molecule has 2 unspecified atom stereocenters. The van der Waals surface area contributed by atoms with Crippen LogP contribution < -0.4 is 5.32 Å². The fourth-order valence-electron chi connectivity index (χ4n) is 2.24. The first-order valence-electron chi connectivity index (χ1n) is 7.22. The number of benzene rings is 2. The molecule has 0 aliphatic rings. The van der Waals surface area contributed by atoms with Crippen molar-refractivity contribution in [1.29, 1.82) is 5.26 Å². The highest BCUT2D eigenvalue weighted by atomic mass is 19.1. The SMILES string of the molecule is CC(NC(=O)CC(O)c1cccc(F)c1)c1ccc(C#N)cc1. The Bertz CT molecular complexity index is 723. The summed E-state index contributed by atoms with van der Waals surface area (Å²) >= 11 is 0. The van der Waals surface area contributed by atoms with Crippen molar-refractivity contribution in [2.75, 3.05) is 0 Å². The molecule has 0 radical (unpaired) electrons. The predicted molar refractivity (Wildman–Crippen MR) is 83.7 cm³/mol. The molecule has 118 valence electrons. The van der Waals surface area contributed by atoms with Crippen molar-refractivity contribution in [2.24, 2.45) is 0 Å². The second-order valence-corrected chi connectivity index (χ2v) is 5.30. The van der Waals surface area contributed by atoms with E-state index in [0.717, 1.165) is 5.56 Å². The Morgan fingerprint density at radius 3 is 2.57 bits per heavy atom. The maximum Gasteiger partial charge on any atom is 0.223 e. The average Bonchev–Trinajstić information content (AvgIpc) is 2.54. The van der Waals surface area contributed by atoms with Crippen LogP contribution in [-0.4, -0.2) is 11.0 Å². The zero-order chi connectivity index (χ0) is 16.8. The van der Waals surface area contributed by atoms with Crippen molar-refractivity contribution >= 4 is 5.91 Å². The Kier molecular flexibility index (Phi) is 5.45. The molecule has 0 fully saturated rings. The summed E-state index contributed by atoms with van der Waals surface area (Å²) in [7, 11) is 0. The molecule has 4 nitrogen and oxygen atoms in total. The van der Waals surface area contributed by atoms with Crippen LogP contribution in [0.25, 0.3) is 0 Å². The first-order valence-corrected chi connectivity index (χ1v) is 7.22. The topological polar surface area (TPSA) is 73.1 Å². The molecule has 0 bridgehead atoms. The lowest BCUT2D eigenvalue weighted by Gasteiger charge is -2.16. The molecule has 0 saturated heterocycles. The fraction of sp³-hybridized carbons (Fsp3) is 0.222. The van der Waals surface area contributed by atoms with E-state index in [2.05, 4.69) is 5.32 Å². The number of nitrogens with one attached hydrogen (secondary N) is 1. The molecular formula is C18H17FN2O2. The lowest BCUT2D eigenvalue weighted by molar-refractivity contribution is -0.123. The zero-order valence-corrected chi connectivity index (χ0v) is 12.7. The predicted octanol–water partition coefficient (Wildman–Crippen LogP) is 3.00. The monoisotopic (exact) mass is 312 g/mol. The standard InChI is InChI=1S/C18H17FN2O2/c1-12(14-7-5-13(11-20)6-8-14)21-18(23)10-17(22)15-3-2-4-16(19)9-15/h2-9,12,17,22H,10H2,1H3,(H,21,23). The van der Waals surface area contributed by atoms with Gasteiger partial charge in [-0.15, -0.1) is 0 Å². The molecule has 0 aliphatic carbocycles. The van der Waals surface area contributed by atoms with Gasteiger partial charge in [-0.3, -0.25) is 4.79 Å². The van der Waals surface area contributed by atoms with Crippen molar-refractivity contribution in [1.82, 2.24) is 5.32 Å². The van der Waals surface area contributed by atoms with E-state index in [-0.39, 0.29) is 18.4 Å². The summed E-state index contributed by atoms with van der Waals surface area (Å²) in [6.07, 6.45) is -1.21. The van der Waals surface area contributed by atoms with Gasteiger partial charge in [0, 0.05) is 0 Å². The summed E-state index contributed by atoms with van der Waals surface area (Å²) < 4.78 is 13.1. The van der Waals surface area contributed by atoms with Gasteiger partial charge in [-0.1, -0.05) is 24.3 Å². The van der Waals surface area contributed by atoms with Crippen LogP contribution in [0.4, 0.5) is 4.39 Å². The number of nitriles is 1. The Hall–Kier alpha value is -2.71. The normalized spacial score (nSPS) is 13.0. The molecule has 0 aliphatic heterocycles. The molecule has 0 saturated carbocycles. The quantitative estimate of drug-likeness (QED) is 0.891. The van der Waals surface area contributed by atoms with E-state index in [0.29, 0.717) is 11.1 Å². The van der Waals surface area contributed by atoms with Crippen molar-refractivity contribution in [3.05, 3.63) is 71.0 Å². The van der Waals surface area contributed by atoms with Gasteiger partial charge in [0.2, 0.25) is 5.91 Å². The highest BCUT2D eigenvalue weighted by molar-refractivity contribution is 5.77. The molecular weight excluding hydrogens is 295 g/mol. The van der Waals surface area contributed by atoms with Crippen molar-refractivity contribution in [3.63, 3.8) is 0 Å². The van der Waals surface area contributed by atoms with Crippen LogP contribution in [0.15, 0.2) is 48.5 Å². The second kappa shape index (κ2) is 7.52. The Balaban J connectivity index is 1.94. The van der Waals surface area contributed by atoms with Crippen molar-refractivity contribution < 1.29 is 14.3 Å². The van der Waals surface area contributed by atoms with Gasteiger partial charge < -0.3 is 10.4 Å². The van der Waals surface area contributed by atoms with E-state index in [9.17, 15) is 14.3 Å². The number of amides is 1. The minimum absolute atomic E-state index is 0.149. The van der Waals surface area contributed by atoms with Crippen LogP contribution >= 0.6 is 0 Å². The average molecular weight is 312 g/mol. The number of halogens is 1. The van der Waals surface area contributed by atoms with Gasteiger partial charge in [0.05, 0.1) is 30.2 Å². The first-order chi connectivity index (χ1) is 11.0. The third kappa shape index (κ3) is 4.63. The van der Waals surface area contributed by atoms with Crippen LogP contribution in [0.2, 0.25) is 0 Å². The van der Waals surface area contributed by atoms with Crippen LogP contribution in [0.1, 0.15) is 42.2 Å². The van der Waals surface area contributed by atoms with Gasteiger partial charge in [0.1, 0.15) is 5.82 Å². The molecule has 0 heterocycles. The Morgan fingerprint density at radius 1 is 1.26 bits per heavy atom. The van der Waals surface area contributed by atoms with Crippen molar-refractivity contribution in [2.45, 2.75) is 25.5 Å². The second-order valence-electron chi connectivity index (χ2n) is 5.30. The highest BCUT2D eigenvalue weighted by Crippen LogP contribution is 2.19. The van der Waals surface area contributed by atoms with Crippen LogP contribution in [0, 0.1) is 17.1 Å². The number of aliphatic hydroxyl groups is 1. The van der Waals surface area contributed by atoms with Crippen LogP contribution in [0.5, 0.6) is 0 Å². The molecule has 1 amide bonds. The van der Waals surface area contributed by atoms with Gasteiger partial charge in [-0.05, 0) is 42.3 Å². The van der Waals surface area contributed by atoms with E-state index in [1.807, 2.05) is 13.0 Å². The van der Waals surface area contributed by atoms with Crippen LogP contribution in [0.3, 0.4) is 0 Å². The third-order valence-corrected chi connectivity index (χ3v) is 3.53. The number of nitrogens with zero attached hydrogens (tertiary/aromatic N) is 1. The van der Waals surface area contributed by atoms with Gasteiger partial charge in [0.15, 0.2) is 0 Å². The van der Waals surface area contributed by atoms with Crippen LogP contribution in [-0.2, 0) is 4.79 Å². The maximum absolute atomic E-state index is 13.1. The number of aliphatic hydroxyl groups excluding tert-OH is 1. The molecule has 2 aromatic carbocycles. The number of carbonyl (C=O) groups excluding carboxylic acids is 1. The summed E-state index contributed by atoms with van der Waals surface area (Å²) in [5.41, 5.74) is 1.78. The number of hydrogen-bond donors (Lipinski definition) is 2. The maximum atomic E-state index is 13.1. The summed E-state index contributed by atoms with van der Waals surface area (Å²) in [5.74, 6) is -0.786. The molecule has 2 aromatic rings. The summed E-state index contributed by atoms with van der Waals surface area (Å²) in [6.45, 7) is 1.81. The lowest BCUT2D eigenvalue weighted by atomic mass is 10.0. The van der Waals surface area contributed by atoms with E-state index < -0.39 is 11.9 Å². The first kappa shape index (κ1) is 16.7. The zero-order valence-electron chi connectivity index (χ0n) is 12.7. The van der Waals surface area contributed by atoms with Gasteiger partial charge in [0.25, 0.3) is 0 Å². The molecule has 0 aromatic heterocycles. The summed E-state index contributed by atoms with van der Waals surface area (Å²) in [5, 5.41) is 21.5. The number of rotatable bonds is 5. The summed E-state index contributed by atoms with van der Waals surface area (Å²) in [4.78, 5) is 12.0. The smallest absolute Gasteiger partial charge is 0.223 e. The molecule has 0 spiro atoms. The van der Waals surface area contributed by atoms with Gasteiger partial charge >= 0.3 is 0 Å². The van der Waals surface area contributed by atoms with E-state index in [4.69, 9.17) is 5.26 Å². The van der Waals surface area contributed by atoms with Gasteiger partial charge in [-0.2, -0.15) is 5.26 Å². The molecule has 2 N–H and O–H groups in total. The third-order valence-electron chi connectivity index (χ3n) is 3.53. The minimum atomic E-state index is -1.06. The van der Waals surface area contributed by atoms with E-state index in [1.165, 1.54) is 18.2 Å². The molecule has 2 atom stereocenters. The minimum Gasteiger partial charge on any atom is -0.388 e. The Labute approximate surface area is 134 Å². The van der Waals surface area contributed by atoms with Crippen molar-refractivity contribution in [3.8, 4) is 6.07 Å². The lowest BCUT2D eigenvalue weighted by Crippen LogP contribution is -2.28. The van der Waals surface area contributed by atoms with E-state index >= 15 is 0 Å². The van der Waals surface area contributed by atoms with E-state index in [1.54, 1.807) is 30.3 Å².